The zero-order valence-corrected chi connectivity index (χ0v) is 24.1. The van der Waals surface area contributed by atoms with Crippen molar-refractivity contribution in [2.45, 2.75) is 54.6 Å². The standard InChI is InChI=1S/C31H24F7N3O3S/c32-22-5-7-23(8-6-22)41-27-14-19-4-9-25(45(43,44)24-3-1-2-20(12-24)30(33,34)35)16-29(19,15-18(27)17-40-41)28(42)26-13-21(10-11-39-26)31(36,37)38/h1-3,5-8,10-13,17,19,25H,4,9,14-16H2/t19?,25-,29-/m0/s1. The number of alkyl halides is 6. The number of rotatable bonds is 5. The summed E-state index contributed by atoms with van der Waals surface area (Å²) >= 11 is 0. The number of benzene rings is 2. The van der Waals surface area contributed by atoms with Crippen molar-refractivity contribution < 1.29 is 43.9 Å². The number of halogens is 7. The molecule has 45 heavy (non-hydrogen) atoms. The third kappa shape index (κ3) is 5.53. The minimum Gasteiger partial charge on any atom is -0.292 e. The number of hydrogen-bond donors (Lipinski definition) is 0. The zero-order chi connectivity index (χ0) is 32.4. The predicted molar refractivity (Wildman–Crippen MR) is 147 cm³/mol. The zero-order valence-electron chi connectivity index (χ0n) is 23.2. The lowest BCUT2D eigenvalue weighted by Crippen LogP contribution is -2.51. The highest BCUT2D eigenvalue weighted by atomic mass is 32.2. The number of sulfone groups is 1. The van der Waals surface area contributed by atoms with Crippen LogP contribution in [0.1, 0.15) is 52.1 Å². The monoisotopic (exact) mass is 651 g/mol. The van der Waals surface area contributed by atoms with Crippen molar-refractivity contribution in [1.29, 1.82) is 0 Å². The van der Waals surface area contributed by atoms with Crippen LogP contribution in [0, 0.1) is 17.2 Å². The minimum absolute atomic E-state index is 0.00825. The maximum Gasteiger partial charge on any atom is 0.416 e. The highest BCUT2D eigenvalue weighted by Crippen LogP contribution is 2.53. The normalized spacial score (nSPS) is 22.0. The van der Waals surface area contributed by atoms with Crippen LogP contribution in [-0.4, -0.2) is 34.2 Å². The van der Waals surface area contributed by atoms with Gasteiger partial charge >= 0.3 is 12.4 Å². The van der Waals surface area contributed by atoms with E-state index in [9.17, 15) is 43.9 Å². The van der Waals surface area contributed by atoms with E-state index >= 15 is 0 Å². The van der Waals surface area contributed by atoms with Gasteiger partial charge in [-0.15, -0.1) is 0 Å². The molecule has 2 aromatic carbocycles. The first kappa shape index (κ1) is 30.9. The number of aromatic nitrogens is 3. The van der Waals surface area contributed by atoms with Crippen LogP contribution in [0.15, 0.2) is 78.0 Å². The fraction of sp³-hybridized carbons (Fsp3) is 0.323. The number of fused-ring (bicyclic) bond motifs is 2. The van der Waals surface area contributed by atoms with E-state index in [2.05, 4.69) is 10.1 Å². The Morgan fingerprint density at radius 3 is 2.29 bits per heavy atom. The maximum atomic E-state index is 14.3. The molecule has 0 aliphatic heterocycles. The molecule has 0 radical (unpaired) electrons. The molecule has 0 amide bonds. The van der Waals surface area contributed by atoms with E-state index in [1.807, 2.05) is 0 Å². The predicted octanol–water partition coefficient (Wildman–Crippen LogP) is 7.05. The van der Waals surface area contributed by atoms with Gasteiger partial charge in [0.2, 0.25) is 0 Å². The molecule has 2 heterocycles. The molecule has 2 aliphatic carbocycles. The molecule has 4 aromatic rings. The minimum atomic E-state index is -4.79. The van der Waals surface area contributed by atoms with Crippen molar-refractivity contribution >= 4 is 15.6 Å². The lowest BCUT2D eigenvalue weighted by atomic mass is 9.56. The highest BCUT2D eigenvalue weighted by Gasteiger charge is 2.55. The molecule has 0 spiro atoms. The van der Waals surface area contributed by atoms with Gasteiger partial charge in [-0.3, -0.25) is 9.78 Å². The first-order valence-corrected chi connectivity index (χ1v) is 15.5. The summed E-state index contributed by atoms with van der Waals surface area (Å²) in [5.41, 5.74) is -2.50. The van der Waals surface area contributed by atoms with Crippen LogP contribution in [0.4, 0.5) is 30.7 Å². The van der Waals surface area contributed by atoms with Crippen molar-refractivity contribution in [3.05, 3.63) is 107 Å². The first-order valence-electron chi connectivity index (χ1n) is 13.9. The maximum absolute atomic E-state index is 14.3. The Kier molecular flexibility index (Phi) is 7.41. The Labute approximate surface area is 252 Å². The van der Waals surface area contributed by atoms with Crippen LogP contribution >= 0.6 is 0 Å². The van der Waals surface area contributed by atoms with Crippen LogP contribution in [-0.2, 0) is 35.0 Å². The summed E-state index contributed by atoms with van der Waals surface area (Å²) in [4.78, 5) is 17.7. The quantitative estimate of drug-likeness (QED) is 0.171. The Morgan fingerprint density at radius 2 is 1.60 bits per heavy atom. The fourth-order valence-corrected chi connectivity index (χ4v) is 8.56. The third-order valence-corrected chi connectivity index (χ3v) is 11.1. The molecular formula is C31H24F7N3O3S. The molecule has 2 aliphatic rings. The van der Waals surface area contributed by atoms with Gasteiger partial charge in [0.25, 0.3) is 0 Å². The lowest BCUT2D eigenvalue weighted by Gasteiger charge is -2.48. The molecular weight excluding hydrogens is 627 g/mol. The van der Waals surface area contributed by atoms with Crippen molar-refractivity contribution in [3.8, 4) is 5.69 Å². The molecule has 236 valence electrons. The first-order chi connectivity index (χ1) is 21.1. The van der Waals surface area contributed by atoms with Gasteiger partial charge < -0.3 is 0 Å². The number of Topliss-reactive ketones (excluding diaryl/α,β-unsaturated/α-hetero) is 1. The summed E-state index contributed by atoms with van der Waals surface area (Å²) in [6.07, 6.45) is -7.29. The number of carbonyl (C=O) groups excluding carboxylic acids is 1. The topological polar surface area (TPSA) is 81.9 Å². The van der Waals surface area contributed by atoms with Crippen LogP contribution in [0.3, 0.4) is 0 Å². The SMILES string of the molecule is O=C(c1cc(C(F)(F)F)ccn1)[C@]12Cc3cnn(-c4ccc(F)cc4)c3CC1CC[C@H](S(=O)(=O)c1cccc(C(F)(F)F)c1)C2. The van der Waals surface area contributed by atoms with Crippen LogP contribution in [0.2, 0.25) is 0 Å². The Bertz CT molecular complexity index is 1890. The summed E-state index contributed by atoms with van der Waals surface area (Å²) in [7, 11) is -4.41. The number of nitrogens with zero attached hydrogens (tertiary/aromatic N) is 3. The third-order valence-electron chi connectivity index (χ3n) is 8.88. The summed E-state index contributed by atoms with van der Waals surface area (Å²) in [6, 6.07) is 10.2. The van der Waals surface area contributed by atoms with Gasteiger partial charge in [0.1, 0.15) is 11.5 Å². The van der Waals surface area contributed by atoms with E-state index in [-0.39, 0.29) is 32.1 Å². The summed E-state index contributed by atoms with van der Waals surface area (Å²) < 4.78 is 124. The van der Waals surface area contributed by atoms with E-state index < -0.39 is 72.1 Å². The van der Waals surface area contributed by atoms with Gasteiger partial charge in [-0.2, -0.15) is 31.4 Å². The second-order valence-corrected chi connectivity index (χ2v) is 13.7. The smallest absolute Gasteiger partial charge is 0.292 e. The fourth-order valence-electron chi connectivity index (χ4n) is 6.65. The number of ketones is 1. The second-order valence-electron chi connectivity index (χ2n) is 11.5. The van der Waals surface area contributed by atoms with Crippen molar-refractivity contribution in [2.75, 3.05) is 0 Å². The average Bonchev–Trinajstić information content (AvgIpc) is 3.41. The van der Waals surface area contributed by atoms with Crippen LogP contribution in [0.5, 0.6) is 0 Å². The highest BCUT2D eigenvalue weighted by molar-refractivity contribution is 7.92. The van der Waals surface area contributed by atoms with Gasteiger partial charge in [0, 0.05) is 17.3 Å². The Morgan fingerprint density at radius 1 is 0.911 bits per heavy atom. The number of pyridine rings is 1. The van der Waals surface area contributed by atoms with E-state index in [1.165, 1.54) is 30.5 Å². The molecule has 1 saturated carbocycles. The lowest BCUT2D eigenvalue weighted by molar-refractivity contribution is -0.138. The van der Waals surface area contributed by atoms with Crippen LogP contribution in [0.25, 0.3) is 5.69 Å². The molecule has 0 bridgehead atoms. The number of carbonyl (C=O) groups is 1. The second kappa shape index (κ2) is 10.8. The molecule has 1 fully saturated rings. The molecule has 2 aromatic heterocycles. The number of hydrogen-bond acceptors (Lipinski definition) is 5. The van der Waals surface area contributed by atoms with E-state index in [0.717, 1.165) is 30.5 Å². The molecule has 3 atom stereocenters. The van der Waals surface area contributed by atoms with Crippen LogP contribution < -0.4 is 0 Å². The molecule has 1 unspecified atom stereocenters. The van der Waals surface area contributed by atoms with Crippen molar-refractivity contribution in [2.24, 2.45) is 11.3 Å². The van der Waals surface area contributed by atoms with Crippen molar-refractivity contribution in [3.63, 3.8) is 0 Å². The Balaban J connectivity index is 1.44. The Hall–Kier alpha value is -4.07. The largest absolute Gasteiger partial charge is 0.416 e. The van der Waals surface area contributed by atoms with Gasteiger partial charge in [-0.05, 0) is 98.2 Å². The molecule has 0 N–H and O–H groups in total. The van der Waals surface area contributed by atoms with E-state index in [1.54, 1.807) is 4.68 Å². The van der Waals surface area contributed by atoms with Gasteiger partial charge in [-0.25, -0.2) is 17.5 Å². The molecule has 6 rings (SSSR count). The summed E-state index contributed by atoms with van der Waals surface area (Å²) in [5, 5.41) is 3.12. The van der Waals surface area contributed by atoms with E-state index in [0.29, 0.717) is 29.1 Å². The van der Waals surface area contributed by atoms with Crippen molar-refractivity contribution in [1.82, 2.24) is 14.8 Å². The summed E-state index contributed by atoms with van der Waals surface area (Å²) in [5.74, 6) is -1.79. The van der Waals surface area contributed by atoms with Gasteiger partial charge in [0.05, 0.1) is 33.2 Å². The molecule has 0 saturated heterocycles. The molecule has 6 nitrogen and oxygen atoms in total. The van der Waals surface area contributed by atoms with E-state index in [4.69, 9.17) is 0 Å². The summed E-state index contributed by atoms with van der Waals surface area (Å²) in [6.45, 7) is 0. The molecule has 14 heteroatoms. The van der Waals surface area contributed by atoms with Gasteiger partial charge in [0.15, 0.2) is 15.6 Å². The van der Waals surface area contributed by atoms with Gasteiger partial charge in [-0.1, -0.05) is 6.07 Å². The average molecular weight is 652 g/mol.